The van der Waals surface area contributed by atoms with Crippen molar-refractivity contribution in [2.24, 2.45) is 7.05 Å². The first-order chi connectivity index (χ1) is 9.40. The molecule has 1 N–H and O–H groups in total. The summed E-state index contributed by atoms with van der Waals surface area (Å²) in [7, 11) is 2.00. The van der Waals surface area contributed by atoms with E-state index in [0.717, 1.165) is 5.69 Å². The van der Waals surface area contributed by atoms with Crippen molar-refractivity contribution in [1.82, 2.24) is 15.1 Å². The lowest BCUT2D eigenvalue weighted by Crippen LogP contribution is -2.23. The summed E-state index contributed by atoms with van der Waals surface area (Å²) in [4.78, 5) is 0. The molecule has 0 aliphatic rings. The number of rotatable bonds is 4. The third-order valence-corrected chi connectivity index (χ3v) is 4.08. The molecule has 0 bridgehead atoms. The van der Waals surface area contributed by atoms with E-state index in [2.05, 4.69) is 69.3 Å². The highest BCUT2D eigenvalue weighted by Gasteiger charge is 2.18. The Hall–Kier alpha value is -1.61. The molecular weight excluding hydrogens is 246 g/mol. The van der Waals surface area contributed by atoms with Gasteiger partial charge in [-0.05, 0) is 40.2 Å². The first-order valence-corrected chi connectivity index (χ1v) is 7.23. The molecule has 2 aromatic rings. The van der Waals surface area contributed by atoms with Crippen LogP contribution in [0.2, 0.25) is 0 Å². The van der Waals surface area contributed by atoms with Crippen molar-refractivity contribution in [3.05, 3.63) is 52.3 Å². The summed E-state index contributed by atoms with van der Waals surface area (Å²) < 4.78 is 1.96. The highest BCUT2D eigenvalue weighted by Crippen LogP contribution is 2.24. The lowest BCUT2D eigenvalue weighted by molar-refractivity contribution is 0.491. The summed E-state index contributed by atoms with van der Waals surface area (Å²) in [6, 6.07) is 9.34. The average molecular weight is 271 g/mol. The fraction of sp³-hybridized carbons (Fsp3) is 0.471. The van der Waals surface area contributed by atoms with Crippen molar-refractivity contribution in [3.8, 4) is 0 Å². The highest BCUT2D eigenvalue weighted by atomic mass is 15.3. The van der Waals surface area contributed by atoms with Crippen molar-refractivity contribution in [3.63, 3.8) is 0 Å². The van der Waals surface area contributed by atoms with Gasteiger partial charge in [0.05, 0.1) is 5.69 Å². The number of aryl methyl sites for hydroxylation is 3. The molecule has 0 radical (unpaired) electrons. The zero-order valence-corrected chi connectivity index (χ0v) is 13.4. The molecule has 3 nitrogen and oxygen atoms in total. The van der Waals surface area contributed by atoms with Gasteiger partial charge in [-0.2, -0.15) is 5.10 Å². The molecule has 0 aliphatic carbocycles. The summed E-state index contributed by atoms with van der Waals surface area (Å²) in [6.07, 6.45) is 0. The second-order valence-electron chi connectivity index (χ2n) is 5.73. The molecule has 1 heterocycles. The van der Waals surface area contributed by atoms with Crippen molar-refractivity contribution < 1.29 is 0 Å². The summed E-state index contributed by atoms with van der Waals surface area (Å²) in [6.45, 7) is 10.7. The number of benzene rings is 1. The molecule has 20 heavy (non-hydrogen) atoms. The maximum Gasteiger partial charge on any atom is 0.0644 e. The van der Waals surface area contributed by atoms with Crippen LogP contribution in [0.4, 0.5) is 0 Å². The maximum absolute atomic E-state index is 4.50. The van der Waals surface area contributed by atoms with Gasteiger partial charge in [-0.25, -0.2) is 0 Å². The third-order valence-electron chi connectivity index (χ3n) is 4.08. The van der Waals surface area contributed by atoms with Crippen molar-refractivity contribution in [2.45, 2.75) is 46.7 Å². The largest absolute Gasteiger partial charge is 0.304 e. The number of hydrogen-bond donors (Lipinski definition) is 1. The molecule has 3 heteroatoms. The lowest BCUT2D eigenvalue weighted by Gasteiger charge is -2.21. The van der Waals surface area contributed by atoms with Crippen molar-refractivity contribution in [1.29, 1.82) is 0 Å². The second-order valence-corrected chi connectivity index (χ2v) is 5.73. The van der Waals surface area contributed by atoms with Crippen LogP contribution < -0.4 is 5.32 Å². The van der Waals surface area contributed by atoms with E-state index in [-0.39, 0.29) is 0 Å². The topological polar surface area (TPSA) is 29.9 Å². The Morgan fingerprint density at radius 3 is 2.10 bits per heavy atom. The van der Waals surface area contributed by atoms with E-state index in [0.29, 0.717) is 12.1 Å². The monoisotopic (exact) mass is 271 g/mol. The SMILES string of the molecule is Cc1ccc([C@@H](C)NC(C)c2c(C)nn(C)c2C)cc1. The van der Waals surface area contributed by atoms with Crippen LogP contribution in [0.5, 0.6) is 0 Å². The minimum atomic E-state index is 0.292. The first-order valence-electron chi connectivity index (χ1n) is 7.23. The van der Waals surface area contributed by atoms with Crippen molar-refractivity contribution >= 4 is 0 Å². The standard InChI is InChI=1S/C17H25N3/c1-11-7-9-16(10-8-11)12(2)18-13(3)17-14(4)19-20(6)15(17)5/h7-10,12-13,18H,1-6H3/t12-,13?/m1/s1. The molecule has 1 aromatic carbocycles. The predicted molar refractivity (Wildman–Crippen MR) is 83.8 cm³/mol. The summed E-state index contributed by atoms with van der Waals surface area (Å²) in [5, 5.41) is 8.17. The van der Waals surface area contributed by atoms with E-state index in [4.69, 9.17) is 0 Å². The second kappa shape index (κ2) is 5.80. The molecule has 0 saturated carbocycles. The quantitative estimate of drug-likeness (QED) is 0.917. The fourth-order valence-corrected chi connectivity index (χ4v) is 2.83. The van der Waals surface area contributed by atoms with Crippen LogP contribution >= 0.6 is 0 Å². The molecule has 0 saturated heterocycles. The predicted octanol–water partition coefficient (Wildman–Crippen LogP) is 3.76. The minimum Gasteiger partial charge on any atom is -0.304 e. The van der Waals surface area contributed by atoms with Crippen LogP contribution in [-0.4, -0.2) is 9.78 Å². The Bertz CT molecular complexity index is 581. The molecule has 0 amide bonds. The Labute approximate surface area is 122 Å². The van der Waals surface area contributed by atoms with Gasteiger partial charge in [-0.15, -0.1) is 0 Å². The fourth-order valence-electron chi connectivity index (χ4n) is 2.83. The molecule has 108 valence electrons. The van der Waals surface area contributed by atoms with Gasteiger partial charge >= 0.3 is 0 Å². The molecule has 2 rings (SSSR count). The number of nitrogens with zero attached hydrogens (tertiary/aromatic N) is 2. The number of aromatic nitrogens is 2. The molecule has 2 atom stereocenters. The van der Waals surface area contributed by atoms with Crippen molar-refractivity contribution in [2.75, 3.05) is 0 Å². The molecule has 0 aliphatic heterocycles. The van der Waals surface area contributed by atoms with Crippen LogP contribution in [0.25, 0.3) is 0 Å². The minimum absolute atomic E-state index is 0.292. The average Bonchev–Trinajstić information content (AvgIpc) is 2.63. The molecule has 0 fully saturated rings. The van der Waals surface area contributed by atoms with Gasteiger partial charge in [0, 0.05) is 30.4 Å². The Balaban J connectivity index is 2.14. The van der Waals surface area contributed by atoms with Gasteiger partial charge < -0.3 is 5.32 Å². The highest BCUT2D eigenvalue weighted by molar-refractivity contribution is 5.29. The summed E-state index contributed by atoms with van der Waals surface area (Å²) in [5.74, 6) is 0. The van der Waals surface area contributed by atoms with E-state index in [1.165, 1.54) is 22.4 Å². The first kappa shape index (κ1) is 14.8. The van der Waals surface area contributed by atoms with Crippen LogP contribution in [0.15, 0.2) is 24.3 Å². The molecule has 1 aromatic heterocycles. The lowest BCUT2D eigenvalue weighted by atomic mass is 10.0. The van der Waals surface area contributed by atoms with E-state index >= 15 is 0 Å². The molecular formula is C17H25N3. The Morgan fingerprint density at radius 1 is 1.00 bits per heavy atom. The van der Waals surface area contributed by atoms with E-state index in [1.54, 1.807) is 0 Å². The zero-order chi connectivity index (χ0) is 14.9. The normalized spacial score (nSPS) is 14.3. The van der Waals surface area contributed by atoms with Gasteiger partial charge in [-0.3, -0.25) is 4.68 Å². The van der Waals surface area contributed by atoms with Crippen LogP contribution in [-0.2, 0) is 7.05 Å². The van der Waals surface area contributed by atoms with Gasteiger partial charge in [-0.1, -0.05) is 29.8 Å². The maximum atomic E-state index is 4.50. The molecule has 1 unspecified atom stereocenters. The van der Waals surface area contributed by atoms with Crippen LogP contribution in [0.3, 0.4) is 0 Å². The smallest absolute Gasteiger partial charge is 0.0644 e. The molecule has 0 spiro atoms. The van der Waals surface area contributed by atoms with E-state index in [1.807, 2.05) is 11.7 Å². The van der Waals surface area contributed by atoms with Gasteiger partial charge in [0.1, 0.15) is 0 Å². The Kier molecular flexibility index (Phi) is 4.29. The third kappa shape index (κ3) is 2.93. The number of hydrogen-bond acceptors (Lipinski definition) is 2. The summed E-state index contributed by atoms with van der Waals surface area (Å²) >= 11 is 0. The Morgan fingerprint density at radius 2 is 1.60 bits per heavy atom. The zero-order valence-electron chi connectivity index (χ0n) is 13.4. The van der Waals surface area contributed by atoms with Crippen LogP contribution in [0, 0.1) is 20.8 Å². The van der Waals surface area contributed by atoms with Gasteiger partial charge in [0.15, 0.2) is 0 Å². The van der Waals surface area contributed by atoms with E-state index < -0.39 is 0 Å². The van der Waals surface area contributed by atoms with Crippen LogP contribution in [0.1, 0.15) is 54.0 Å². The van der Waals surface area contributed by atoms with Gasteiger partial charge in [0.25, 0.3) is 0 Å². The number of nitrogens with one attached hydrogen (secondary N) is 1. The van der Waals surface area contributed by atoms with E-state index in [9.17, 15) is 0 Å². The summed E-state index contributed by atoms with van der Waals surface area (Å²) in [5.41, 5.74) is 6.28. The van der Waals surface area contributed by atoms with Gasteiger partial charge in [0.2, 0.25) is 0 Å².